The number of rotatable bonds is 6. The zero-order valence-electron chi connectivity index (χ0n) is 11.3. The van der Waals surface area contributed by atoms with Crippen LogP contribution in [0.4, 0.5) is 0 Å². The molecule has 0 aliphatic rings. The van der Waals surface area contributed by atoms with Crippen molar-refractivity contribution in [3.8, 4) is 0 Å². The van der Waals surface area contributed by atoms with E-state index in [4.69, 9.17) is 11.6 Å². The summed E-state index contributed by atoms with van der Waals surface area (Å²) in [5.41, 5.74) is 0. The largest absolute Gasteiger partial charge is 0.357 e. The van der Waals surface area contributed by atoms with E-state index in [0.717, 1.165) is 36.4 Å². The first-order chi connectivity index (χ1) is 8.61. The highest BCUT2D eigenvalue weighted by Crippen LogP contribution is 2.21. The Labute approximate surface area is 119 Å². The van der Waals surface area contributed by atoms with E-state index in [-0.39, 0.29) is 0 Å². The normalized spacial score (nSPS) is 11.9. The van der Waals surface area contributed by atoms with Crippen molar-refractivity contribution < 1.29 is 0 Å². The molecule has 18 heavy (non-hydrogen) atoms. The number of guanidine groups is 1. The van der Waals surface area contributed by atoms with Crippen LogP contribution >= 0.6 is 22.9 Å². The molecule has 0 aliphatic heterocycles. The first-order valence-electron chi connectivity index (χ1n) is 6.38. The molecule has 5 heteroatoms. The van der Waals surface area contributed by atoms with Gasteiger partial charge in [-0.25, -0.2) is 0 Å². The van der Waals surface area contributed by atoms with Gasteiger partial charge >= 0.3 is 0 Å². The van der Waals surface area contributed by atoms with Crippen LogP contribution in [0.2, 0.25) is 4.34 Å². The Morgan fingerprint density at radius 3 is 2.72 bits per heavy atom. The summed E-state index contributed by atoms with van der Waals surface area (Å²) in [5.74, 6) is 1.48. The number of nitrogens with one attached hydrogen (secondary N) is 2. The van der Waals surface area contributed by atoms with Gasteiger partial charge in [0, 0.05) is 24.5 Å². The first-order valence-corrected chi connectivity index (χ1v) is 7.57. The van der Waals surface area contributed by atoms with Gasteiger partial charge in [0.15, 0.2) is 5.96 Å². The average Bonchev–Trinajstić information content (AvgIpc) is 2.72. The van der Waals surface area contributed by atoms with E-state index >= 15 is 0 Å². The van der Waals surface area contributed by atoms with Gasteiger partial charge in [0.05, 0.1) is 4.34 Å². The summed E-state index contributed by atoms with van der Waals surface area (Å²) in [6.45, 7) is 9.02. The molecule has 0 spiro atoms. The van der Waals surface area contributed by atoms with Crippen molar-refractivity contribution in [2.75, 3.05) is 19.6 Å². The van der Waals surface area contributed by atoms with E-state index < -0.39 is 0 Å². The lowest BCUT2D eigenvalue weighted by Crippen LogP contribution is -2.38. The van der Waals surface area contributed by atoms with Gasteiger partial charge in [-0.15, -0.1) is 11.3 Å². The molecule has 0 aliphatic carbocycles. The van der Waals surface area contributed by atoms with Crippen molar-refractivity contribution in [2.24, 2.45) is 10.9 Å². The molecular weight excluding hydrogens is 266 g/mol. The van der Waals surface area contributed by atoms with Crippen molar-refractivity contribution >= 4 is 28.9 Å². The third-order valence-electron chi connectivity index (χ3n) is 2.25. The number of aliphatic imine (C=N–C) groups is 1. The maximum absolute atomic E-state index is 5.90. The number of hydrogen-bond donors (Lipinski definition) is 2. The molecule has 0 bridgehead atoms. The second-order valence-corrected chi connectivity index (χ2v) is 6.30. The third kappa shape index (κ3) is 6.26. The van der Waals surface area contributed by atoms with Crippen molar-refractivity contribution in [1.82, 2.24) is 10.6 Å². The summed E-state index contributed by atoms with van der Waals surface area (Å²) in [5, 5.41) is 6.58. The van der Waals surface area contributed by atoms with Gasteiger partial charge in [-0.2, -0.15) is 0 Å². The maximum atomic E-state index is 5.90. The minimum Gasteiger partial charge on any atom is -0.357 e. The number of hydrogen-bond acceptors (Lipinski definition) is 2. The quantitative estimate of drug-likeness (QED) is 0.623. The molecule has 0 atom stereocenters. The minimum atomic E-state index is 0.580. The molecule has 0 unspecified atom stereocenters. The molecule has 1 aromatic rings. The fourth-order valence-electron chi connectivity index (χ4n) is 1.41. The molecule has 0 amide bonds. The molecule has 102 valence electrons. The molecule has 1 heterocycles. The molecule has 0 saturated carbocycles. The zero-order chi connectivity index (χ0) is 13.4. The zero-order valence-corrected chi connectivity index (χ0v) is 12.9. The Morgan fingerprint density at radius 2 is 2.17 bits per heavy atom. The number of thiophene rings is 1. The Hall–Kier alpha value is -0.740. The summed E-state index contributed by atoms with van der Waals surface area (Å²) in [4.78, 5) is 5.82. The van der Waals surface area contributed by atoms with Gasteiger partial charge in [0.25, 0.3) is 0 Å². The van der Waals surface area contributed by atoms with Crippen LogP contribution in [0.5, 0.6) is 0 Å². The van der Waals surface area contributed by atoms with Gasteiger partial charge in [0.1, 0.15) is 0 Å². The van der Waals surface area contributed by atoms with E-state index in [1.807, 2.05) is 6.07 Å². The molecule has 1 rings (SSSR count). The molecule has 0 fully saturated rings. The number of halogens is 1. The van der Waals surface area contributed by atoms with Gasteiger partial charge in [-0.3, -0.25) is 4.99 Å². The van der Waals surface area contributed by atoms with Gasteiger partial charge in [-0.05, 0) is 31.4 Å². The van der Waals surface area contributed by atoms with Gasteiger partial charge < -0.3 is 10.6 Å². The van der Waals surface area contributed by atoms with Crippen LogP contribution in [0.25, 0.3) is 0 Å². The van der Waals surface area contributed by atoms with Gasteiger partial charge in [0.2, 0.25) is 0 Å². The van der Waals surface area contributed by atoms with Crippen LogP contribution in [0.1, 0.15) is 25.6 Å². The fraction of sp³-hybridized carbons (Fsp3) is 0.615. The predicted octanol–water partition coefficient (Wildman–Crippen LogP) is 3.16. The highest BCUT2D eigenvalue weighted by Gasteiger charge is 2.00. The molecule has 0 aromatic carbocycles. The second kappa shape index (κ2) is 8.38. The van der Waals surface area contributed by atoms with Crippen LogP contribution in [0, 0.1) is 5.92 Å². The standard InChI is InChI=1S/C13H22ClN3S/c1-4-15-13(17-9-10(2)3)16-8-7-11-5-6-12(14)18-11/h5-6,10H,4,7-9H2,1-3H3,(H2,15,16,17). The Balaban J connectivity index is 2.35. The van der Waals surface area contributed by atoms with Crippen molar-refractivity contribution in [3.63, 3.8) is 0 Å². The summed E-state index contributed by atoms with van der Waals surface area (Å²) in [6.07, 6.45) is 0.976. The van der Waals surface area contributed by atoms with Crippen LogP contribution in [0.3, 0.4) is 0 Å². The molecule has 0 saturated heterocycles. The molecule has 0 radical (unpaired) electrons. The van der Waals surface area contributed by atoms with E-state index in [2.05, 4.69) is 42.5 Å². The minimum absolute atomic E-state index is 0.580. The summed E-state index contributed by atoms with van der Waals surface area (Å²) < 4.78 is 0.852. The van der Waals surface area contributed by atoms with E-state index in [0.29, 0.717) is 5.92 Å². The summed E-state index contributed by atoms with van der Waals surface area (Å²) >= 11 is 7.53. The summed E-state index contributed by atoms with van der Waals surface area (Å²) in [7, 11) is 0. The lowest BCUT2D eigenvalue weighted by molar-refractivity contribution is 0.656. The Bertz CT molecular complexity index is 374. The van der Waals surface area contributed by atoms with E-state index in [9.17, 15) is 0 Å². The van der Waals surface area contributed by atoms with Gasteiger partial charge in [-0.1, -0.05) is 25.4 Å². The van der Waals surface area contributed by atoms with Crippen molar-refractivity contribution in [2.45, 2.75) is 27.2 Å². The summed E-state index contributed by atoms with van der Waals surface area (Å²) in [6, 6.07) is 4.02. The highest BCUT2D eigenvalue weighted by molar-refractivity contribution is 7.16. The van der Waals surface area contributed by atoms with Crippen LogP contribution < -0.4 is 10.6 Å². The second-order valence-electron chi connectivity index (χ2n) is 4.50. The first kappa shape index (κ1) is 15.3. The predicted molar refractivity (Wildman–Crippen MR) is 81.9 cm³/mol. The third-order valence-corrected chi connectivity index (χ3v) is 3.54. The van der Waals surface area contributed by atoms with E-state index in [1.165, 1.54) is 4.88 Å². The smallest absolute Gasteiger partial charge is 0.191 e. The van der Waals surface area contributed by atoms with Crippen LogP contribution in [-0.4, -0.2) is 25.6 Å². The monoisotopic (exact) mass is 287 g/mol. The maximum Gasteiger partial charge on any atom is 0.191 e. The molecule has 3 nitrogen and oxygen atoms in total. The van der Waals surface area contributed by atoms with Crippen molar-refractivity contribution in [1.29, 1.82) is 0 Å². The lowest BCUT2D eigenvalue weighted by atomic mass is 10.2. The Kier molecular flexibility index (Phi) is 7.13. The van der Waals surface area contributed by atoms with Crippen LogP contribution in [-0.2, 0) is 6.42 Å². The van der Waals surface area contributed by atoms with Crippen LogP contribution in [0.15, 0.2) is 17.1 Å². The van der Waals surface area contributed by atoms with Crippen molar-refractivity contribution in [3.05, 3.63) is 21.3 Å². The molecule has 2 N–H and O–H groups in total. The fourth-order valence-corrected chi connectivity index (χ4v) is 2.49. The Morgan fingerprint density at radius 1 is 1.39 bits per heavy atom. The molecular formula is C13H22ClN3S. The number of nitrogens with zero attached hydrogens (tertiary/aromatic N) is 1. The average molecular weight is 288 g/mol. The molecule has 1 aromatic heterocycles. The SMILES string of the molecule is CCNC(=NCC(C)C)NCCc1ccc(Cl)s1. The highest BCUT2D eigenvalue weighted by atomic mass is 35.5. The lowest BCUT2D eigenvalue weighted by Gasteiger charge is -2.11. The van der Waals surface area contributed by atoms with E-state index in [1.54, 1.807) is 11.3 Å². The topological polar surface area (TPSA) is 36.4 Å².